The Morgan fingerprint density at radius 1 is 0.833 bits per heavy atom. The number of fused-ring (bicyclic) bond motifs is 1. The molecule has 2 aliphatic rings. The average Bonchev–Trinajstić information content (AvgIpc) is 2.12. The molecule has 0 heteroatoms. The Bertz CT molecular complexity index is 148. The molecule has 0 aromatic rings. The quantitative estimate of drug-likeness (QED) is 0.512. The SMILES string of the molecule is CC1CCC2CCCCC2[C@@H]1C. The van der Waals surface area contributed by atoms with E-state index in [1.807, 2.05) is 0 Å². The van der Waals surface area contributed by atoms with Crippen molar-refractivity contribution in [3.63, 3.8) is 0 Å². The molecule has 0 saturated heterocycles. The molecule has 0 amide bonds. The minimum atomic E-state index is 1.00. The van der Waals surface area contributed by atoms with Crippen molar-refractivity contribution in [2.45, 2.75) is 52.4 Å². The molecule has 0 N–H and O–H groups in total. The van der Waals surface area contributed by atoms with Crippen LogP contribution in [0.2, 0.25) is 0 Å². The van der Waals surface area contributed by atoms with Gasteiger partial charge in [0.1, 0.15) is 0 Å². The maximum atomic E-state index is 2.49. The molecular weight excluding hydrogens is 144 g/mol. The summed E-state index contributed by atoms with van der Waals surface area (Å²) in [6.45, 7) is 4.95. The zero-order valence-corrected chi connectivity index (χ0v) is 8.55. The van der Waals surface area contributed by atoms with Crippen molar-refractivity contribution in [3.05, 3.63) is 0 Å². The second kappa shape index (κ2) is 3.40. The highest BCUT2D eigenvalue weighted by molar-refractivity contribution is 4.85. The summed E-state index contributed by atoms with van der Waals surface area (Å²) in [6.07, 6.45) is 9.15. The largest absolute Gasteiger partial charge is 0.0622 e. The van der Waals surface area contributed by atoms with E-state index < -0.39 is 0 Å². The molecule has 0 bridgehead atoms. The molecule has 0 spiro atoms. The zero-order valence-electron chi connectivity index (χ0n) is 8.55. The second-order valence-electron chi connectivity index (χ2n) is 5.12. The molecule has 12 heavy (non-hydrogen) atoms. The number of hydrogen-bond donors (Lipinski definition) is 0. The van der Waals surface area contributed by atoms with Gasteiger partial charge in [-0.15, -0.1) is 0 Å². The molecule has 2 rings (SSSR count). The molecule has 2 fully saturated rings. The first-order valence-electron chi connectivity index (χ1n) is 5.79. The van der Waals surface area contributed by atoms with Crippen LogP contribution in [-0.2, 0) is 0 Å². The summed E-state index contributed by atoms with van der Waals surface area (Å²) in [5, 5.41) is 0. The van der Waals surface area contributed by atoms with Crippen LogP contribution in [0.3, 0.4) is 0 Å². The van der Waals surface area contributed by atoms with Gasteiger partial charge in [0.2, 0.25) is 0 Å². The second-order valence-corrected chi connectivity index (χ2v) is 5.12. The van der Waals surface area contributed by atoms with E-state index >= 15 is 0 Å². The van der Waals surface area contributed by atoms with E-state index in [0.717, 1.165) is 23.7 Å². The van der Waals surface area contributed by atoms with Gasteiger partial charge in [-0.1, -0.05) is 39.5 Å². The van der Waals surface area contributed by atoms with Crippen molar-refractivity contribution in [2.24, 2.45) is 23.7 Å². The third-order valence-corrected chi connectivity index (χ3v) is 4.53. The van der Waals surface area contributed by atoms with Gasteiger partial charge in [-0.05, 0) is 36.5 Å². The van der Waals surface area contributed by atoms with Crippen molar-refractivity contribution in [1.82, 2.24) is 0 Å². The molecule has 0 nitrogen and oxygen atoms in total. The van der Waals surface area contributed by atoms with Crippen LogP contribution in [-0.4, -0.2) is 0 Å². The Kier molecular flexibility index (Phi) is 2.43. The lowest BCUT2D eigenvalue weighted by Gasteiger charge is -2.43. The highest BCUT2D eigenvalue weighted by Gasteiger charge is 2.35. The summed E-state index contributed by atoms with van der Waals surface area (Å²) in [4.78, 5) is 0. The summed E-state index contributed by atoms with van der Waals surface area (Å²) >= 11 is 0. The predicted molar refractivity (Wildman–Crippen MR) is 53.0 cm³/mol. The van der Waals surface area contributed by atoms with Gasteiger partial charge < -0.3 is 0 Å². The Morgan fingerprint density at radius 3 is 2.42 bits per heavy atom. The first-order chi connectivity index (χ1) is 5.79. The Labute approximate surface area is 76.7 Å². The van der Waals surface area contributed by atoms with E-state index in [1.54, 1.807) is 6.42 Å². The molecule has 2 aliphatic carbocycles. The fourth-order valence-corrected chi connectivity index (χ4v) is 3.45. The van der Waals surface area contributed by atoms with Crippen molar-refractivity contribution in [3.8, 4) is 0 Å². The van der Waals surface area contributed by atoms with E-state index in [0.29, 0.717) is 0 Å². The van der Waals surface area contributed by atoms with E-state index in [-0.39, 0.29) is 0 Å². The topological polar surface area (TPSA) is 0 Å². The van der Waals surface area contributed by atoms with Crippen LogP contribution in [0.5, 0.6) is 0 Å². The third kappa shape index (κ3) is 1.41. The molecule has 70 valence electrons. The minimum Gasteiger partial charge on any atom is -0.0622 e. The van der Waals surface area contributed by atoms with Gasteiger partial charge in [-0.3, -0.25) is 0 Å². The van der Waals surface area contributed by atoms with Crippen LogP contribution in [0, 0.1) is 23.7 Å². The van der Waals surface area contributed by atoms with Gasteiger partial charge >= 0.3 is 0 Å². The normalized spacial score (nSPS) is 48.5. The smallest absolute Gasteiger partial charge is 0.0358 e. The fraction of sp³-hybridized carbons (Fsp3) is 1.00. The van der Waals surface area contributed by atoms with Gasteiger partial charge in [-0.2, -0.15) is 0 Å². The van der Waals surface area contributed by atoms with Crippen LogP contribution in [0.15, 0.2) is 0 Å². The van der Waals surface area contributed by atoms with Crippen LogP contribution < -0.4 is 0 Å². The summed E-state index contributed by atoms with van der Waals surface area (Å²) in [7, 11) is 0. The molecule has 4 atom stereocenters. The van der Waals surface area contributed by atoms with Gasteiger partial charge in [0.05, 0.1) is 0 Å². The van der Waals surface area contributed by atoms with E-state index in [9.17, 15) is 0 Å². The lowest BCUT2D eigenvalue weighted by Crippen LogP contribution is -2.33. The standard InChI is InChI=1S/C12H22/c1-9-7-8-11-5-3-4-6-12(11)10(9)2/h9-12H,3-8H2,1-2H3/t9?,10-,11?,12?/m1/s1. The van der Waals surface area contributed by atoms with Gasteiger partial charge in [-0.25, -0.2) is 0 Å². The highest BCUT2D eigenvalue weighted by Crippen LogP contribution is 2.45. The first kappa shape index (κ1) is 8.59. The Hall–Kier alpha value is 0. The van der Waals surface area contributed by atoms with Gasteiger partial charge in [0.25, 0.3) is 0 Å². The number of rotatable bonds is 0. The lowest BCUT2D eigenvalue weighted by molar-refractivity contribution is 0.0734. The lowest BCUT2D eigenvalue weighted by atomic mass is 9.63. The molecule has 0 heterocycles. The molecular formula is C12H22. The maximum absolute atomic E-state index is 2.49. The van der Waals surface area contributed by atoms with E-state index in [1.165, 1.54) is 32.1 Å². The average molecular weight is 166 g/mol. The van der Waals surface area contributed by atoms with Crippen LogP contribution in [0.4, 0.5) is 0 Å². The summed E-state index contributed by atoms with van der Waals surface area (Å²) in [5.41, 5.74) is 0. The maximum Gasteiger partial charge on any atom is -0.0358 e. The van der Waals surface area contributed by atoms with Crippen LogP contribution >= 0.6 is 0 Å². The molecule has 0 radical (unpaired) electrons. The third-order valence-electron chi connectivity index (χ3n) is 4.53. The Morgan fingerprint density at radius 2 is 1.58 bits per heavy atom. The molecule has 2 saturated carbocycles. The predicted octanol–water partition coefficient (Wildman–Crippen LogP) is 3.86. The van der Waals surface area contributed by atoms with Gasteiger partial charge in [0.15, 0.2) is 0 Å². The van der Waals surface area contributed by atoms with Crippen LogP contribution in [0.1, 0.15) is 52.4 Å². The highest BCUT2D eigenvalue weighted by atomic mass is 14.4. The van der Waals surface area contributed by atoms with E-state index in [2.05, 4.69) is 13.8 Å². The molecule has 3 unspecified atom stereocenters. The van der Waals surface area contributed by atoms with E-state index in [4.69, 9.17) is 0 Å². The summed E-state index contributed by atoms with van der Waals surface area (Å²) < 4.78 is 0. The first-order valence-corrected chi connectivity index (χ1v) is 5.79. The van der Waals surface area contributed by atoms with Crippen LogP contribution in [0.25, 0.3) is 0 Å². The fourth-order valence-electron chi connectivity index (χ4n) is 3.45. The zero-order chi connectivity index (χ0) is 8.55. The van der Waals surface area contributed by atoms with Crippen molar-refractivity contribution < 1.29 is 0 Å². The Balaban J connectivity index is 2.03. The molecule has 0 aromatic heterocycles. The van der Waals surface area contributed by atoms with Gasteiger partial charge in [0, 0.05) is 0 Å². The monoisotopic (exact) mass is 166 g/mol. The molecule has 0 aromatic carbocycles. The number of hydrogen-bond acceptors (Lipinski definition) is 0. The van der Waals surface area contributed by atoms with Crippen molar-refractivity contribution in [1.29, 1.82) is 0 Å². The molecule has 0 aliphatic heterocycles. The minimum absolute atomic E-state index is 1.00. The van der Waals surface area contributed by atoms with Crippen molar-refractivity contribution in [2.75, 3.05) is 0 Å². The summed E-state index contributed by atoms with van der Waals surface area (Å²) in [5.74, 6) is 4.24. The summed E-state index contributed by atoms with van der Waals surface area (Å²) in [6, 6.07) is 0. The van der Waals surface area contributed by atoms with Crippen molar-refractivity contribution >= 4 is 0 Å².